The number of rotatable bonds is 0. The second kappa shape index (κ2) is 2.95. The fraction of sp³-hybridized carbons (Fsp3) is 0.545. The minimum Gasteiger partial charge on any atom is -0.460 e. The van der Waals surface area contributed by atoms with Gasteiger partial charge in [0.25, 0.3) is 0 Å². The van der Waals surface area contributed by atoms with E-state index in [2.05, 4.69) is 16.0 Å². The van der Waals surface area contributed by atoms with E-state index in [-0.39, 0.29) is 0 Å². The first-order chi connectivity index (χ1) is 6.84. The highest BCUT2D eigenvalue weighted by Gasteiger charge is 2.37. The summed E-state index contributed by atoms with van der Waals surface area (Å²) in [7, 11) is 0. The number of hydrogen-bond acceptors (Lipinski definition) is 2. The van der Waals surface area contributed by atoms with Gasteiger partial charge in [-0.3, -0.25) is 0 Å². The highest BCUT2D eigenvalue weighted by Crippen LogP contribution is 2.29. The molecule has 0 spiro atoms. The summed E-state index contributed by atoms with van der Waals surface area (Å²) in [5.74, 6) is 1.70. The van der Waals surface area contributed by atoms with Gasteiger partial charge in [-0.05, 0) is 12.5 Å². The number of nitrogens with one attached hydrogen (secondary N) is 1. The van der Waals surface area contributed by atoms with Gasteiger partial charge >= 0.3 is 5.88 Å². The lowest BCUT2D eigenvalue weighted by molar-refractivity contribution is -0.723. The largest absolute Gasteiger partial charge is 0.460 e. The Morgan fingerprint density at radius 1 is 1.36 bits per heavy atom. The van der Waals surface area contributed by atoms with Crippen LogP contribution in [-0.2, 0) is 6.54 Å². The molecule has 0 amide bonds. The summed E-state index contributed by atoms with van der Waals surface area (Å²) in [6.07, 6.45) is 1.27. The predicted octanol–water partition coefficient (Wildman–Crippen LogP) is 0.386. The molecule has 0 aliphatic carbocycles. The average Bonchev–Trinajstić information content (AvgIpc) is 2.20. The SMILES string of the molecule is Oc1cccc2[n+]1C[C@@H]1CNC[C@H]2C1. The number of piperidine rings is 1. The first kappa shape index (κ1) is 8.24. The van der Waals surface area contributed by atoms with Crippen molar-refractivity contribution in [3.05, 3.63) is 23.9 Å². The zero-order chi connectivity index (χ0) is 9.54. The van der Waals surface area contributed by atoms with E-state index in [9.17, 15) is 5.11 Å². The van der Waals surface area contributed by atoms with E-state index >= 15 is 0 Å². The topological polar surface area (TPSA) is 36.1 Å². The molecule has 3 nitrogen and oxygen atoms in total. The molecule has 2 N–H and O–H groups in total. The summed E-state index contributed by atoms with van der Waals surface area (Å²) in [5.41, 5.74) is 1.29. The zero-order valence-corrected chi connectivity index (χ0v) is 8.11. The molecule has 0 aromatic carbocycles. The quantitative estimate of drug-likeness (QED) is 0.582. The molecule has 2 atom stereocenters. The third-order valence-corrected chi connectivity index (χ3v) is 3.40. The summed E-state index contributed by atoms with van der Waals surface area (Å²) in [5, 5.41) is 13.2. The molecular formula is C11H15N2O+. The van der Waals surface area contributed by atoms with E-state index in [4.69, 9.17) is 0 Å². The summed E-state index contributed by atoms with van der Waals surface area (Å²) in [4.78, 5) is 0. The molecule has 2 aliphatic rings. The molecule has 1 saturated heterocycles. The number of aromatic nitrogens is 1. The van der Waals surface area contributed by atoms with Crippen LogP contribution in [0.2, 0.25) is 0 Å². The van der Waals surface area contributed by atoms with Gasteiger partial charge in [0.1, 0.15) is 0 Å². The summed E-state index contributed by atoms with van der Waals surface area (Å²) >= 11 is 0. The van der Waals surface area contributed by atoms with Crippen LogP contribution in [0, 0.1) is 5.92 Å². The molecule has 0 unspecified atom stereocenters. The molecule has 1 aromatic rings. The molecule has 2 bridgehead atoms. The van der Waals surface area contributed by atoms with Crippen molar-refractivity contribution in [1.82, 2.24) is 5.32 Å². The fourth-order valence-corrected chi connectivity index (χ4v) is 2.75. The molecule has 1 fully saturated rings. The van der Waals surface area contributed by atoms with Gasteiger partial charge in [0.15, 0.2) is 12.2 Å². The van der Waals surface area contributed by atoms with E-state index in [0.717, 1.165) is 19.6 Å². The molecule has 3 heterocycles. The normalized spacial score (nSPS) is 29.7. The highest BCUT2D eigenvalue weighted by atomic mass is 16.3. The van der Waals surface area contributed by atoms with Crippen LogP contribution in [-0.4, -0.2) is 18.2 Å². The van der Waals surface area contributed by atoms with E-state index in [0.29, 0.717) is 17.7 Å². The second-order valence-electron chi connectivity index (χ2n) is 4.38. The van der Waals surface area contributed by atoms with Crippen LogP contribution in [0.25, 0.3) is 0 Å². The van der Waals surface area contributed by atoms with E-state index < -0.39 is 0 Å². The number of fused-ring (bicyclic) bond motifs is 4. The monoisotopic (exact) mass is 191 g/mol. The third-order valence-electron chi connectivity index (χ3n) is 3.40. The van der Waals surface area contributed by atoms with Gasteiger partial charge < -0.3 is 10.4 Å². The minimum atomic E-state index is 0.416. The Bertz CT molecular complexity index is 364. The standard InChI is InChI=1S/C11H14N2O/c14-11-3-1-2-10-9-4-8(5-12-6-9)7-13(10)11/h1-3,8-9,12H,4-7H2/p+1/t8-,9+/m0/s1. The van der Waals surface area contributed by atoms with Crippen molar-refractivity contribution in [3.8, 4) is 5.88 Å². The Kier molecular flexibility index (Phi) is 1.74. The van der Waals surface area contributed by atoms with Gasteiger partial charge in [-0.15, -0.1) is 0 Å². The van der Waals surface area contributed by atoms with Crippen LogP contribution in [0.1, 0.15) is 18.0 Å². The van der Waals surface area contributed by atoms with E-state index in [1.165, 1.54) is 12.1 Å². The first-order valence-electron chi connectivity index (χ1n) is 5.27. The van der Waals surface area contributed by atoms with E-state index in [1.807, 2.05) is 6.07 Å². The maximum Gasteiger partial charge on any atom is 0.365 e. The van der Waals surface area contributed by atoms with Crippen LogP contribution in [0.4, 0.5) is 0 Å². The third kappa shape index (κ3) is 1.12. The molecule has 14 heavy (non-hydrogen) atoms. The molecule has 2 aliphatic heterocycles. The maximum absolute atomic E-state index is 9.75. The fourth-order valence-electron chi connectivity index (χ4n) is 2.75. The second-order valence-corrected chi connectivity index (χ2v) is 4.38. The number of pyridine rings is 1. The van der Waals surface area contributed by atoms with Gasteiger partial charge in [0.2, 0.25) is 0 Å². The van der Waals surface area contributed by atoms with Crippen molar-refractivity contribution >= 4 is 0 Å². The lowest BCUT2D eigenvalue weighted by Gasteiger charge is -2.31. The molecule has 1 aromatic heterocycles. The van der Waals surface area contributed by atoms with Crippen molar-refractivity contribution < 1.29 is 9.67 Å². The number of aromatic hydroxyl groups is 1. The van der Waals surface area contributed by atoms with Crippen molar-refractivity contribution in [3.63, 3.8) is 0 Å². The maximum atomic E-state index is 9.75. The van der Waals surface area contributed by atoms with Crippen LogP contribution < -0.4 is 9.88 Å². The molecule has 0 saturated carbocycles. The van der Waals surface area contributed by atoms with Gasteiger partial charge in [-0.2, -0.15) is 4.57 Å². The van der Waals surface area contributed by atoms with Crippen LogP contribution >= 0.6 is 0 Å². The lowest BCUT2D eigenvalue weighted by atomic mass is 9.84. The molecule has 74 valence electrons. The zero-order valence-electron chi connectivity index (χ0n) is 8.11. The van der Waals surface area contributed by atoms with Crippen molar-refractivity contribution in [1.29, 1.82) is 0 Å². The van der Waals surface area contributed by atoms with Crippen LogP contribution in [0.5, 0.6) is 5.88 Å². The van der Waals surface area contributed by atoms with E-state index in [1.54, 1.807) is 6.07 Å². The highest BCUT2D eigenvalue weighted by molar-refractivity contribution is 5.12. The van der Waals surface area contributed by atoms with Crippen LogP contribution in [0.15, 0.2) is 18.2 Å². The lowest BCUT2D eigenvalue weighted by Crippen LogP contribution is -2.53. The Hall–Kier alpha value is -1.09. The van der Waals surface area contributed by atoms with Gasteiger partial charge in [0.05, 0.1) is 12.0 Å². The van der Waals surface area contributed by atoms with Crippen molar-refractivity contribution in [2.24, 2.45) is 5.92 Å². The predicted molar refractivity (Wildman–Crippen MR) is 52.0 cm³/mol. The summed E-state index contributed by atoms with van der Waals surface area (Å²) < 4.78 is 2.07. The Morgan fingerprint density at radius 2 is 2.29 bits per heavy atom. The molecular weight excluding hydrogens is 176 g/mol. The number of hydrogen-bond donors (Lipinski definition) is 2. The van der Waals surface area contributed by atoms with Crippen molar-refractivity contribution in [2.75, 3.05) is 13.1 Å². The average molecular weight is 191 g/mol. The van der Waals surface area contributed by atoms with Crippen molar-refractivity contribution in [2.45, 2.75) is 18.9 Å². The smallest absolute Gasteiger partial charge is 0.365 e. The van der Waals surface area contributed by atoms with Gasteiger partial charge in [0, 0.05) is 25.1 Å². The molecule has 3 rings (SSSR count). The minimum absolute atomic E-state index is 0.416. The Morgan fingerprint density at radius 3 is 3.21 bits per heavy atom. The summed E-state index contributed by atoms with van der Waals surface area (Å²) in [6.45, 7) is 3.11. The first-order valence-corrected chi connectivity index (χ1v) is 5.27. The van der Waals surface area contributed by atoms with Gasteiger partial charge in [-0.25, -0.2) is 0 Å². The van der Waals surface area contributed by atoms with Gasteiger partial charge in [-0.1, -0.05) is 0 Å². The van der Waals surface area contributed by atoms with Crippen LogP contribution in [0.3, 0.4) is 0 Å². The Balaban J connectivity index is 2.10. The summed E-state index contributed by atoms with van der Waals surface area (Å²) in [6, 6.07) is 5.85. The number of nitrogens with zero attached hydrogens (tertiary/aromatic N) is 1. The Labute approximate surface area is 83.4 Å². The molecule has 0 radical (unpaired) electrons. The molecule has 3 heteroatoms.